The fourth-order valence-corrected chi connectivity index (χ4v) is 4.87. The first-order valence-electron chi connectivity index (χ1n) is 11.7. The molecule has 6 nitrogen and oxygen atoms in total. The van der Waals surface area contributed by atoms with Gasteiger partial charge in [-0.15, -0.1) is 0 Å². The van der Waals surface area contributed by atoms with E-state index in [4.69, 9.17) is 9.47 Å². The van der Waals surface area contributed by atoms with Crippen LogP contribution in [-0.4, -0.2) is 38.1 Å². The topological polar surface area (TPSA) is 55.5 Å². The number of benzene rings is 2. The van der Waals surface area contributed by atoms with Crippen LogP contribution in [0.3, 0.4) is 0 Å². The zero-order chi connectivity index (χ0) is 25.4. The predicted molar refractivity (Wildman–Crippen MR) is 138 cm³/mol. The van der Waals surface area contributed by atoms with Crippen molar-refractivity contribution in [2.75, 3.05) is 20.8 Å². The fourth-order valence-electron chi connectivity index (χ4n) is 4.87. The maximum atomic E-state index is 16.3. The quantitative estimate of drug-likeness (QED) is 0.519. The summed E-state index contributed by atoms with van der Waals surface area (Å²) in [5, 5.41) is 3.88. The van der Waals surface area contributed by atoms with Gasteiger partial charge in [-0.1, -0.05) is 18.2 Å². The van der Waals surface area contributed by atoms with Crippen LogP contribution in [0.5, 0.6) is 11.5 Å². The van der Waals surface area contributed by atoms with Gasteiger partial charge in [-0.25, -0.2) is 0 Å². The van der Waals surface area contributed by atoms with Gasteiger partial charge in [0.1, 0.15) is 11.5 Å². The first-order chi connectivity index (χ1) is 17.3. The fraction of sp³-hybridized carbons (Fsp3) is 0.185. The number of halogens is 2. The molecule has 0 atom stereocenters. The van der Waals surface area contributed by atoms with E-state index in [1.807, 2.05) is 24.3 Å². The molecule has 9 heteroatoms. The van der Waals surface area contributed by atoms with E-state index in [-0.39, 0.29) is 5.91 Å². The minimum Gasteiger partial charge on any atom is -0.497 e. The number of hydrogen-bond donors (Lipinski definition) is 1. The molecule has 5 rings (SSSR count). The van der Waals surface area contributed by atoms with Gasteiger partial charge >= 0.3 is 6.97 Å². The zero-order valence-electron chi connectivity index (χ0n) is 20.3. The maximum Gasteiger partial charge on any atom is 0.737 e. The van der Waals surface area contributed by atoms with Crippen LogP contribution >= 0.6 is 0 Å². The zero-order valence-corrected chi connectivity index (χ0v) is 20.3. The molecule has 2 aliphatic heterocycles. The van der Waals surface area contributed by atoms with Crippen molar-refractivity contribution < 1.29 is 22.9 Å². The third kappa shape index (κ3) is 4.00. The van der Waals surface area contributed by atoms with Crippen molar-refractivity contribution in [3.63, 3.8) is 0 Å². The molecule has 1 N–H and O–H groups in total. The van der Waals surface area contributed by atoms with Crippen LogP contribution in [0, 0.1) is 0 Å². The SMILES string of the molecule is COc1ccc(/C=C/c2ccc3n2[B-](F)(F)[N+]2=c4ccc(OC)cc4=C(CCNC(C)=O)C2=C3)cc1. The van der Waals surface area contributed by atoms with Crippen LogP contribution < -0.4 is 29.9 Å². The Bertz CT molecular complexity index is 1540. The van der Waals surface area contributed by atoms with E-state index in [2.05, 4.69) is 5.32 Å². The van der Waals surface area contributed by atoms with Crippen LogP contribution in [-0.2, 0) is 4.79 Å². The number of fused-ring (bicyclic) bond motifs is 3. The summed E-state index contributed by atoms with van der Waals surface area (Å²) in [6.07, 6.45) is 5.71. The van der Waals surface area contributed by atoms with E-state index >= 15 is 8.63 Å². The lowest BCUT2D eigenvalue weighted by Crippen LogP contribution is -2.56. The highest BCUT2D eigenvalue weighted by molar-refractivity contribution is 6.64. The second-order valence-electron chi connectivity index (χ2n) is 8.74. The standard InChI is InChI=1S/C27H26BF2N3O3/c1-18(34)31-15-14-24-25-17-23(36-3)12-13-26(25)33-27(24)16-21-9-8-20(32(21)28(33,29)30)7-4-19-5-10-22(35-2)11-6-19/h4-13,16-17H,14-15H2,1-3H3,(H,31,34)/b7-4+. The molecule has 1 aromatic heterocycles. The molecule has 184 valence electrons. The molecule has 1 amide bonds. The molecule has 3 heterocycles. The van der Waals surface area contributed by atoms with E-state index in [0.29, 0.717) is 46.4 Å². The van der Waals surface area contributed by atoms with Gasteiger partial charge in [-0.3, -0.25) is 4.79 Å². The Morgan fingerprint density at radius 2 is 1.75 bits per heavy atom. The minimum absolute atomic E-state index is 0.161. The molecule has 3 aromatic rings. The third-order valence-corrected chi connectivity index (χ3v) is 6.56. The van der Waals surface area contributed by atoms with Crippen molar-refractivity contribution in [1.29, 1.82) is 0 Å². The van der Waals surface area contributed by atoms with Crippen LogP contribution in [0.25, 0.3) is 23.8 Å². The normalized spacial score (nSPS) is 15.3. The Labute approximate surface area is 207 Å². The first-order valence-corrected chi connectivity index (χ1v) is 11.7. The number of carbonyl (C=O) groups is 1. The molecule has 0 saturated heterocycles. The number of amides is 1. The number of ether oxygens (including phenoxy) is 2. The molecule has 2 aromatic carbocycles. The number of methoxy groups -OCH3 is 2. The van der Waals surface area contributed by atoms with Crippen LogP contribution in [0.15, 0.2) is 60.3 Å². The number of carbonyl (C=O) groups excluding carboxylic acids is 1. The number of nitrogens with zero attached hydrogens (tertiary/aromatic N) is 2. The molecular formula is C27H26BF2N3O3. The Kier molecular flexibility index (Phi) is 6.00. The molecule has 2 aliphatic rings. The molecule has 0 fully saturated rings. The van der Waals surface area contributed by atoms with Crippen molar-refractivity contribution in [1.82, 2.24) is 14.3 Å². The van der Waals surface area contributed by atoms with Crippen molar-refractivity contribution in [3.05, 3.63) is 87.8 Å². The average molecular weight is 489 g/mol. The van der Waals surface area contributed by atoms with Gasteiger partial charge in [-0.2, -0.15) is 0 Å². The summed E-state index contributed by atoms with van der Waals surface area (Å²) in [6, 6.07) is 16.0. The van der Waals surface area contributed by atoms with Crippen molar-refractivity contribution in [3.8, 4) is 11.5 Å². The van der Waals surface area contributed by atoms with Gasteiger partial charge in [0.15, 0.2) is 11.1 Å². The van der Waals surface area contributed by atoms with E-state index in [1.165, 1.54) is 6.92 Å². The maximum absolute atomic E-state index is 16.3. The largest absolute Gasteiger partial charge is 0.737 e. The highest BCUT2D eigenvalue weighted by Crippen LogP contribution is 2.33. The Morgan fingerprint density at radius 3 is 2.44 bits per heavy atom. The van der Waals surface area contributed by atoms with Crippen LogP contribution in [0.4, 0.5) is 8.63 Å². The smallest absolute Gasteiger partial charge is 0.497 e. The molecule has 0 unspecified atom stereocenters. The van der Waals surface area contributed by atoms with Gasteiger partial charge in [0.25, 0.3) is 0 Å². The number of hydrogen-bond acceptors (Lipinski definition) is 3. The number of nitrogens with one attached hydrogen (secondary N) is 1. The Balaban J connectivity index is 1.61. The third-order valence-electron chi connectivity index (χ3n) is 6.56. The van der Waals surface area contributed by atoms with Crippen molar-refractivity contribution in [2.24, 2.45) is 0 Å². The summed E-state index contributed by atoms with van der Waals surface area (Å²) < 4.78 is 45.4. The second kappa shape index (κ2) is 9.15. The lowest BCUT2D eigenvalue weighted by molar-refractivity contribution is -0.118. The molecule has 0 spiro atoms. The second-order valence-corrected chi connectivity index (χ2v) is 8.74. The number of allylic oxidation sites excluding steroid dienone is 1. The molecular weight excluding hydrogens is 463 g/mol. The minimum atomic E-state index is -4.19. The summed E-state index contributed by atoms with van der Waals surface area (Å²) in [7, 11) is 3.14. The Hall–Kier alpha value is -4.14. The van der Waals surface area contributed by atoms with Crippen molar-refractivity contribution in [2.45, 2.75) is 13.3 Å². The van der Waals surface area contributed by atoms with Crippen LogP contribution in [0.2, 0.25) is 0 Å². The number of aromatic nitrogens is 1. The van der Waals surface area contributed by atoms with E-state index in [0.717, 1.165) is 25.9 Å². The molecule has 0 bridgehead atoms. The summed E-state index contributed by atoms with van der Waals surface area (Å²) in [5.41, 5.74) is 2.91. The summed E-state index contributed by atoms with van der Waals surface area (Å²) >= 11 is 0. The van der Waals surface area contributed by atoms with Gasteiger partial charge in [-0.05, 0) is 54.5 Å². The lowest BCUT2D eigenvalue weighted by atomic mass is 9.89. The van der Waals surface area contributed by atoms with Crippen molar-refractivity contribution >= 4 is 36.7 Å². The summed E-state index contributed by atoms with van der Waals surface area (Å²) in [5.74, 6) is 1.16. The highest BCUT2D eigenvalue weighted by Gasteiger charge is 2.52. The van der Waals surface area contributed by atoms with E-state index in [9.17, 15) is 4.79 Å². The average Bonchev–Trinajstić information content (AvgIpc) is 3.42. The lowest BCUT2D eigenvalue weighted by Gasteiger charge is -2.30. The monoisotopic (exact) mass is 489 g/mol. The molecule has 36 heavy (non-hydrogen) atoms. The van der Waals surface area contributed by atoms with Gasteiger partial charge in [0.05, 0.1) is 19.4 Å². The van der Waals surface area contributed by atoms with Gasteiger partial charge in [0, 0.05) is 42.6 Å². The molecule has 0 aliphatic carbocycles. The van der Waals surface area contributed by atoms with Crippen LogP contribution in [0.1, 0.15) is 30.3 Å². The predicted octanol–water partition coefficient (Wildman–Crippen LogP) is 3.13. The molecule has 0 radical (unpaired) electrons. The van der Waals surface area contributed by atoms with E-state index < -0.39 is 6.97 Å². The number of rotatable bonds is 7. The molecule has 0 saturated carbocycles. The Morgan fingerprint density at radius 1 is 1.03 bits per heavy atom. The first kappa shape index (κ1) is 23.6. The van der Waals surface area contributed by atoms with Gasteiger partial charge in [0.2, 0.25) is 5.91 Å². The van der Waals surface area contributed by atoms with E-state index in [1.54, 1.807) is 62.8 Å². The van der Waals surface area contributed by atoms with Gasteiger partial charge < -0.3 is 32.4 Å². The highest BCUT2D eigenvalue weighted by atomic mass is 19.2. The summed E-state index contributed by atoms with van der Waals surface area (Å²) in [4.78, 5) is 11.4. The summed E-state index contributed by atoms with van der Waals surface area (Å²) in [6.45, 7) is -2.40.